The van der Waals surface area contributed by atoms with Crippen molar-refractivity contribution < 1.29 is 4.74 Å². The van der Waals surface area contributed by atoms with Gasteiger partial charge in [0.05, 0.1) is 30.4 Å². The molecular weight excluding hydrogens is 374 g/mol. The van der Waals surface area contributed by atoms with Crippen molar-refractivity contribution in [2.24, 2.45) is 0 Å². The van der Waals surface area contributed by atoms with E-state index in [1.54, 1.807) is 13.3 Å². The summed E-state index contributed by atoms with van der Waals surface area (Å²) in [7, 11) is 1.59. The molecule has 1 saturated carbocycles. The van der Waals surface area contributed by atoms with Crippen LogP contribution in [0.3, 0.4) is 0 Å². The van der Waals surface area contributed by atoms with Gasteiger partial charge in [0, 0.05) is 0 Å². The van der Waals surface area contributed by atoms with Crippen LogP contribution in [0.2, 0.25) is 5.02 Å². The van der Waals surface area contributed by atoms with Gasteiger partial charge in [-0.1, -0.05) is 48.7 Å². The molecule has 0 spiro atoms. The van der Waals surface area contributed by atoms with Gasteiger partial charge in [-0.3, -0.25) is 4.79 Å². The lowest BCUT2D eigenvalue weighted by atomic mass is 9.98. The quantitative estimate of drug-likeness (QED) is 0.637. The first-order valence-electron chi connectivity index (χ1n) is 9.45. The highest BCUT2D eigenvalue weighted by Crippen LogP contribution is 2.34. The zero-order valence-corrected chi connectivity index (χ0v) is 16.4. The third-order valence-corrected chi connectivity index (χ3v) is 5.62. The number of hydrogen-bond acceptors (Lipinski definition) is 4. The molecule has 6 heteroatoms. The molecule has 4 rings (SSSR count). The third kappa shape index (κ3) is 3.62. The summed E-state index contributed by atoms with van der Waals surface area (Å²) in [5.74, 6) is 1.29. The van der Waals surface area contributed by atoms with Gasteiger partial charge in [0.25, 0.3) is 5.56 Å². The predicted octanol–water partition coefficient (Wildman–Crippen LogP) is 5.30. The minimum absolute atomic E-state index is 0.0841. The van der Waals surface area contributed by atoms with E-state index < -0.39 is 0 Å². The summed E-state index contributed by atoms with van der Waals surface area (Å²) < 4.78 is 6.65. The van der Waals surface area contributed by atoms with Crippen molar-refractivity contribution in [1.29, 1.82) is 0 Å². The van der Waals surface area contributed by atoms with Gasteiger partial charge in [-0.2, -0.15) is 9.78 Å². The van der Waals surface area contributed by atoms with Crippen LogP contribution < -0.4 is 15.6 Å². The summed E-state index contributed by atoms with van der Waals surface area (Å²) in [6.07, 6.45) is 6.63. The van der Waals surface area contributed by atoms with E-state index in [4.69, 9.17) is 16.3 Å². The molecule has 0 saturated heterocycles. The van der Waals surface area contributed by atoms with Crippen LogP contribution in [-0.2, 0) is 0 Å². The maximum Gasteiger partial charge on any atom is 0.292 e. The maximum absolute atomic E-state index is 12.8. The average molecular weight is 396 g/mol. The third-order valence-electron chi connectivity index (χ3n) is 5.26. The fraction of sp³-hybridized carbons (Fsp3) is 0.273. The Morgan fingerprint density at radius 2 is 1.79 bits per heavy atom. The van der Waals surface area contributed by atoms with Gasteiger partial charge in [0.2, 0.25) is 0 Å². The number of methoxy groups -OCH3 is 1. The van der Waals surface area contributed by atoms with Crippen molar-refractivity contribution in [1.82, 2.24) is 9.78 Å². The van der Waals surface area contributed by atoms with Gasteiger partial charge in [-0.25, -0.2) is 0 Å². The van der Waals surface area contributed by atoms with Crippen LogP contribution in [0.5, 0.6) is 5.75 Å². The molecule has 1 aliphatic rings. The van der Waals surface area contributed by atoms with Gasteiger partial charge >= 0.3 is 0 Å². The van der Waals surface area contributed by atoms with E-state index in [0.29, 0.717) is 28.7 Å². The lowest BCUT2D eigenvalue weighted by Gasteiger charge is -2.14. The van der Waals surface area contributed by atoms with Crippen molar-refractivity contribution >= 4 is 23.0 Å². The van der Waals surface area contributed by atoms with Crippen LogP contribution in [0.25, 0.3) is 5.69 Å². The molecule has 2 aromatic carbocycles. The van der Waals surface area contributed by atoms with Crippen LogP contribution in [0.4, 0.5) is 11.4 Å². The molecule has 3 aromatic rings. The number of rotatable bonds is 5. The van der Waals surface area contributed by atoms with E-state index in [1.165, 1.54) is 35.9 Å². The maximum atomic E-state index is 12.8. The number of para-hydroxylation sites is 2. The van der Waals surface area contributed by atoms with Crippen molar-refractivity contribution in [3.05, 3.63) is 75.7 Å². The molecule has 0 radical (unpaired) electrons. The highest BCUT2D eigenvalue weighted by atomic mass is 35.5. The second-order valence-corrected chi connectivity index (χ2v) is 7.37. The first-order chi connectivity index (χ1) is 13.7. The Labute approximate surface area is 168 Å². The molecule has 1 heterocycles. The zero-order chi connectivity index (χ0) is 19.5. The Morgan fingerprint density at radius 3 is 2.50 bits per heavy atom. The topological polar surface area (TPSA) is 56.1 Å². The second-order valence-electron chi connectivity index (χ2n) is 6.99. The van der Waals surface area contributed by atoms with E-state index in [1.807, 2.05) is 36.4 Å². The number of nitrogens with zero attached hydrogens (tertiary/aromatic N) is 2. The minimum Gasteiger partial charge on any atom is -0.495 e. The minimum atomic E-state index is -0.366. The Morgan fingerprint density at radius 1 is 1.07 bits per heavy atom. The second kappa shape index (κ2) is 8.07. The van der Waals surface area contributed by atoms with Gasteiger partial charge in [0.15, 0.2) is 0 Å². The van der Waals surface area contributed by atoms with E-state index in [0.717, 1.165) is 0 Å². The lowest BCUT2D eigenvalue weighted by molar-refractivity contribution is 0.417. The summed E-state index contributed by atoms with van der Waals surface area (Å²) in [5.41, 5.74) is 2.82. The Bertz CT molecular complexity index is 1020. The molecule has 0 unspecified atom stereocenters. The zero-order valence-electron chi connectivity index (χ0n) is 15.7. The van der Waals surface area contributed by atoms with E-state index >= 15 is 0 Å². The fourth-order valence-corrected chi connectivity index (χ4v) is 3.92. The molecular formula is C22H22ClN3O2. The van der Waals surface area contributed by atoms with Crippen LogP contribution >= 0.6 is 11.6 Å². The number of benzene rings is 2. The molecule has 1 fully saturated rings. The lowest BCUT2D eigenvalue weighted by Crippen LogP contribution is -2.22. The van der Waals surface area contributed by atoms with Crippen LogP contribution in [-0.4, -0.2) is 16.9 Å². The SMILES string of the molecule is COc1ccccc1Nc1cnn(-c2ccc(C3CCCC3)cc2)c(=O)c1Cl. The van der Waals surface area contributed by atoms with Gasteiger partial charge in [0.1, 0.15) is 10.8 Å². The fourth-order valence-electron chi connectivity index (χ4n) is 3.74. The van der Waals surface area contributed by atoms with Gasteiger partial charge < -0.3 is 10.1 Å². The molecule has 1 N–H and O–H groups in total. The number of anilines is 2. The molecule has 5 nitrogen and oxygen atoms in total. The molecule has 28 heavy (non-hydrogen) atoms. The normalized spacial score (nSPS) is 14.2. The molecule has 144 valence electrons. The Kier molecular flexibility index (Phi) is 5.35. The number of hydrogen-bond donors (Lipinski definition) is 1. The van der Waals surface area contributed by atoms with Crippen LogP contribution in [0.1, 0.15) is 37.2 Å². The smallest absolute Gasteiger partial charge is 0.292 e. The average Bonchev–Trinajstić information content (AvgIpc) is 3.27. The van der Waals surface area contributed by atoms with E-state index in [2.05, 4.69) is 22.5 Å². The Hall–Kier alpha value is -2.79. The Balaban J connectivity index is 1.61. The van der Waals surface area contributed by atoms with Gasteiger partial charge in [-0.05, 0) is 48.6 Å². The first-order valence-corrected chi connectivity index (χ1v) is 9.83. The van der Waals surface area contributed by atoms with Crippen molar-refractivity contribution in [3.63, 3.8) is 0 Å². The summed E-state index contributed by atoms with van der Waals surface area (Å²) in [4.78, 5) is 12.8. The highest BCUT2D eigenvalue weighted by Gasteiger charge is 2.17. The van der Waals surface area contributed by atoms with Crippen molar-refractivity contribution in [2.75, 3.05) is 12.4 Å². The number of halogens is 1. The molecule has 0 amide bonds. The van der Waals surface area contributed by atoms with Crippen molar-refractivity contribution in [3.8, 4) is 11.4 Å². The molecule has 0 atom stereocenters. The number of ether oxygens (including phenoxy) is 1. The monoisotopic (exact) mass is 395 g/mol. The predicted molar refractivity (Wildman–Crippen MR) is 112 cm³/mol. The summed E-state index contributed by atoms with van der Waals surface area (Å²) in [6.45, 7) is 0. The van der Waals surface area contributed by atoms with Gasteiger partial charge in [-0.15, -0.1) is 0 Å². The first kappa shape index (κ1) is 18.6. The van der Waals surface area contributed by atoms with E-state index in [9.17, 15) is 4.79 Å². The van der Waals surface area contributed by atoms with Crippen LogP contribution in [0.15, 0.2) is 59.5 Å². The highest BCUT2D eigenvalue weighted by molar-refractivity contribution is 6.33. The largest absolute Gasteiger partial charge is 0.495 e. The van der Waals surface area contributed by atoms with Crippen LogP contribution in [0, 0.1) is 0 Å². The van der Waals surface area contributed by atoms with Crippen molar-refractivity contribution in [2.45, 2.75) is 31.6 Å². The molecule has 0 aliphatic heterocycles. The molecule has 0 bridgehead atoms. The summed E-state index contributed by atoms with van der Waals surface area (Å²) in [6, 6.07) is 15.5. The summed E-state index contributed by atoms with van der Waals surface area (Å²) >= 11 is 6.35. The number of aromatic nitrogens is 2. The summed E-state index contributed by atoms with van der Waals surface area (Å²) in [5, 5.41) is 7.51. The number of nitrogens with one attached hydrogen (secondary N) is 1. The standard InChI is InChI=1S/C22H22ClN3O2/c1-28-20-9-5-4-8-18(20)25-19-14-24-26(22(27)21(19)23)17-12-10-16(11-13-17)15-6-2-3-7-15/h4-5,8-15,25H,2-3,6-7H2,1H3. The molecule has 1 aliphatic carbocycles. The van der Waals surface area contributed by atoms with E-state index in [-0.39, 0.29) is 10.6 Å². The molecule has 1 aromatic heterocycles.